The van der Waals surface area contributed by atoms with Crippen LogP contribution in [0.5, 0.6) is 0 Å². The van der Waals surface area contributed by atoms with Gasteiger partial charge in [0.05, 0.1) is 37.2 Å². The van der Waals surface area contributed by atoms with Crippen molar-refractivity contribution in [1.82, 2.24) is 9.97 Å². The minimum absolute atomic E-state index is 0.111. The summed E-state index contributed by atoms with van der Waals surface area (Å²) in [6.45, 7) is 11.0. The molecule has 0 saturated carbocycles. The molecule has 0 amide bonds. The highest BCUT2D eigenvalue weighted by Crippen LogP contribution is 2.52. The van der Waals surface area contributed by atoms with Gasteiger partial charge in [-0.15, -0.1) is 0 Å². The van der Waals surface area contributed by atoms with E-state index in [1.165, 1.54) is 58.4 Å². The number of piperidine rings is 6. The van der Waals surface area contributed by atoms with Gasteiger partial charge in [-0.3, -0.25) is 9.97 Å². The van der Waals surface area contributed by atoms with Crippen LogP contribution < -0.4 is 0 Å². The van der Waals surface area contributed by atoms with Gasteiger partial charge in [0.2, 0.25) is 0 Å². The smallest absolute Gasteiger partial charge is 0.131 e. The predicted octanol–water partition coefficient (Wildman–Crippen LogP) is 10.8. The Bertz CT molecular complexity index is 2480. The van der Waals surface area contributed by atoms with Gasteiger partial charge in [0.25, 0.3) is 0 Å². The van der Waals surface area contributed by atoms with Gasteiger partial charge >= 0.3 is 0 Å². The van der Waals surface area contributed by atoms with E-state index in [9.17, 15) is 10.2 Å². The van der Waals surface area contributed by atoms with E-state index in [0.29, 0.717) is 23.7 Å². The summed E-state index contributed by atoms with van der Waals surface area (Å²) in [7, 11) is 0. The molecule has 0 radical (unpaired) electrons. The normalized spacial score (nSPS) is 29.7. The number of hydrogen-bond acceptors (Lipinski definition) is 4. The summed E-state index contributed by atoms with van der Waals surface area (Å²) in [4.78, 5) is 9.35. The van der Waals surface area contributed by atoms with Crippen LogP contribution in [0, 0.1) is 23.7 Å². The van der Waals surface area contributed by atoms with Crippen LogP contribution in [-0.4, -0.2) is 67.4 Å². The molecule has 0 aliphatic carbocycles. The third-order valence-corrected chi connectivity index (χ3v) is 16.8. The molecule has 6 saturated heterocycles. The Morgan fingerprint density at radius 2 is 0.883 bits per heavy atom. The first kappa shape index (κ1) is 38.2. The van der Waals surface area contributed by atoms with Crippen LogP contribution in [0.2, 0.25) is 0 Å². The molecule has 2 N–H and O–H groups in total. The molecule has 2 aromatic heterocycles. The van der Waals surface area contributed by atoms with Crippen molar-refractivity contribution < 1.29 is 19.2 Å². The zero-order chi connectivity index (χ0) is 40.6. The maximum absolute atomic E-state index is 12.7. The fourth-order valence-electron chi connectivity index (χ4n) is 13.8. The monoisotopic (exact) mass is 796 g/mol. The molecule has 5 aromatic carbocycles. The van der Waals surface area contributed by atoms with Crippen molar-refractivity contribution in [3.05, 3.63) is 144 Å². The Hall–Kier alpha value is -4.72. The molecule has 7 aromatic rings. The Morgan fingerprint density at radius 1 is 0.517 bits per heavy atom. The number of quaternary nitrogens is 2. The molecule has 8 heterocycles. The number of benzene rings is 5. The number of fused-ring (bicyclic) bond motifs is 10. The molecule has 60 heavy (non-hydrogen) atoms. The minimum atomic E-state index is -0.569. The quantitative estimate of drug-likeness (QED) is 0.107. The van der Waals surface area contributed by atoms with Crippen molar-refractivity contribution in [2.75, 3.05) is 26.2 Å². The molecule has 6 fully saturated rings. The Balaban J connectivity index is 1.04. The van der Waals surface area contributed by atoms with Gasteiger partial charge in [-0.05, 0) is 81.6 Å². The van der Waals surface area contributed by atoms with Gasteiger partial charge in [-0.1, -0.05) is 98.8 Å². The van der Waals surface area contributed by atoms with E-state index in [4.69, 9.17) is 0 Å². The Morgan fingerprint density at radius 3 is 1.27 bits per heavy atom. The molecule has 6 nitrogen and oxygen atoms in total. The van der Waals surface area contributed by atoms with Crippen molar-refractivity contribution in [3.8, 4) is 0 Å². The predicted molar refractivity (Wildman–Crippen MR) is 243 cm³/mol. The topological polar surface area (TPSA) is 66.2 Å². The molecule has 4 bridgehead atoms. The van der Waals surface area contributed by atoms with Crippen LogP contribution in [0.3, 0.4) is 0 Å². The lowest BCUT2D eigenvalue weighted by Gasteiger charge is -2.59. The van der Waals surface area contributed by atoms with Gasteiger partial charge < -0.3 is 19.2 Å². The van der Waals surface area contributed by atoms with Crippen molar-refractivity contribution in [3.63, 3.8) is 0 Å². The fourth-order valence-corrected chi connectivity index (χ4v) is 13.8. The fraction of sp³-hybridized carbons (Fsp3) is 0.407. The lowest BCUT2D eigenvalue weighted by atomic mass is 9.69. The zero-order valence-corrected chi connectivity index (χ0v) is 35.3. The highest BCUT2D eigenvalue weighted by molar-refractivity contribution is 6.05. The van der Waals surface area contributed by atoms with Crippen molar-refractivity contribution in [2.45, 2.75) is 89.8 Å². The van der Waals surface area contributed by atoms with E-state index in [-0.39, 0.29) is 12.1 Å². The van der Waals surface area contributed by atoms with Crippen LogP contribution in [-0.2, 0) is 13.1 Å². The number of aromatic nitrogens is 2. The third-order valence-electron chi connectivity index (χ3n) is 16.8. The first-order valence-corrected chi connectivity index (χ1v) is 23.1. The van der Waals surface area contributed by atoms with Crippen LogP contribution in [0.25, 0.3) is 43.4 Å². The van der Waals surface area contributed by atoms with Crippen molar-refractivity contribution >= 4 is 43.4 Å². The number of pyridine rings is 2. The van der Waals surface area contributed by atoms with Gasteiger partial charge in [0.1, 0.15) is 37.4 Å². The maximum Gasteiger partial charge on any atom is 0.131 e. The maximum atomic E-state index is 12.7. The van der Waals surface area contributed by atoms with Crippen LogP contribution >= 0.6 is 0 Å². The summed E-state index contributed by atoms with van der Waals surface area (Å²) in [5, 5.41) is 32.9. The molecule has 6 aliphatic heterocycles. The molecule has 0 spiro atoms. The van der Waals surface area contributed by atoms with Gasteiger partial charge in [-0.25, -0.2) is 0 Å². The van der Waals surface area contributed by atoms with Crippen molar-refractivity contribution in [2.24, 2.45) is 23.7 Å². The van der Waals surface area contributed by atoms with E-state index in [1.807, 2.05) is 24.5 Å². The second-order valence-electron chi connectivity index (χ2n) is 19.4. The summed E-state index contributed by atoms with van der Waals surface area (Å²) in [5.41, 5.74) is 6.81. The second kappa shape index (κ2) is 15.0. The summed E-state index contributed by atoms with van der Waals surface area (Å²) >= 11 is 0. The molecule has 6 aliphatic rings. The Kier molecular flexibility index (Phi) is 9.57. The van der Waals surface area contributed by atoms with Gasteiger partial charge in [-0.2, -0.15) is 0 Å². The summed E-state index contributed by atoms with van der Waals surface area (Å²) < 4.78 is 1.85. The number of hydrogen-bond donors (Lipinski definition) is 2. The summed E-state index contributed by atoms with van der Waals surface area (Å²) in [6.07, 6.45) is 9.58. The van der Waals surface area contributed by atoms with E-state index in [2.05, 4.69) is 121 Å². The van der Waals surface area contributed by atoms with Crippen LogP contribution in [0.15, 0.2) is 122 Å². The van der Waals surface area contributed by atoms with Crippen LogP contribution in [0.4, 0.5) is 0 Å². The largest absolute Gasteiger partial charge is 0.382 e. The standard InChI is InChI=1S/C54H60N4O2/c1-3-35-31-57(27-23-37(35)29-51(57)53(59)45-21-25-55-49-19-11-9-17-43(45)49)33-47-39-13-5-7-15-41(39)48(42-16-8-6-14-40(42)47)34-58-28-24-38(36(4-2)32-58)30-52(58)54(60)46-22-26-56-50-20-12-10-18-44(46)50/h5-22,25-26,35-38,51-54,59-60H,3-4,23-24,27-34H2,1-2H3/q+2/t35-,36-,37-,38-,51-,52-,53+,54+,57?,58?/m0/s1. The molecule has 306 valence electrons. The molecular weight excluding hydrogens is 737 g/mol. The molecular formula is C54H60N4O2+2. The average molecular weight is 797 g/mol. The van der Waals surface area contributed by atoms with Crippen LogP contribution in [0.1, 0.15) is 86.8 Å². The minimum Gasteiger partial charge on any atom is -0.382 e. The lowest BCUT2D eigenvalue weighted by molar-refractivity contribution is -0.985. The third kappa shape index (κ3) is 6.04. The first-order chi connectivity index (χ1) is 29.4. The number of para-hydroxylation sites is 2. The number of aliphatic hydroxyl groups excluding tert-OH is 2. The SMILES string of the molecule is CC[C@H]1C[N+]2(Cc3c4ccccc4c(C[N+]45CC[C@@H](C[C@H]4[C@H](O)c4ccnc6ccccc46)[C@@H](CC)C5)c4ccccc34)CC[C@H]1C[C@H]2[C@H](O)c1ccnc2ccccc12. The van der Waals surface area contributed by atoms with Gasteiger partial charge in [0.15, 0.2) is 0 Å². The lowest BCUT2D eigenvalue weighted by Crippen LogP contribution is -2.68. The summed E-state index contributed by atoms with van der Waals surface area (Å²) in [5.74, 6) is 2.64. The van der Waals surface area contributed by atoms with E-state index in [1.54, 1.807) is 0 Å². The van der Waals surface area contributed by atoms with E-state index >= 15 is 0 Å². The second-order valence-corrected chi connectivity index (χ2v) is 19.4. The number of aliphatic hydroxyl groups is 2. The van der Waals surface area contributed by atoms with E-state index < -0.39 is 12.2 Å². The number of rotatable bonds is 10. The average Bonchev–Trinajstić information content (AvgIpc) is 3.31. The zero-order valence-electron chi connectivity index (χ0n) is 35.3. The summed E-state index contributed by atoms with van der Waals surface area (Å²) in [6, 6.07) is 39.6. The highest BCUT2D eigenvalue weighted by Gasteiger charge is 2.56. The Labute approximate surface area is 354 Å². The molecule has 6 heteroatoms. The first-order valence-electron chi connectivity index (χ1n) is 23.1. The molecule has 10 atom stereocenters. The highest BCUT2D eigenvalue weighted by atomic mass is 16.3. The van der Waals surface area contributed by atoms with E-state index in [0.717, 1.165) is 94.0 Å². The van der Waals surface area contributed by atoms with Gasteiger partial charge in [0, 0.05) is 71.8 Å². The van der Waals surface area contributed by atoms with Crippen molar-refractivity contribution in [1.29, 1.82) is 0 Å². The molecule has 13 rings (SSSR count). The number of nitrogens with zero attached hydrogens (tertiary/aromatic N) is 4. The molecule has 2 unspecified atom stereocenters.